The van der Waals surface area contributed by atoms with E-state index in [2.05, 4.69) is 0 Å². The predicted molar refractivity (Wildman–Crippen MR) is 52.3 cm³/mol. The van der Waals surface area contributed by atoms with Crippen LogP contribution < -0.4 is 0 Å². The Bertz CT molecular complexity index is 316. The first-order valence-electron chi connectivity index (χ1n) is 4.53. The van der Waals surface area contributed by atoms with Crippen molar-refractivity contribution in [3.63, 3.8) is 0 Å². The van der Waals surface area contributed by atoms with Crippen LogP contribution in [0, 0.1) is 0 Å². The highest BCUT2D eigenvalue weighted by molar-refractivity contribution is 5.78. The van der Waals surface area contributed by atoms with Crippen molar-refractivity contribution in [3.05, 3.63) is 28.8 Å². The summed E-state index contributed by atoms with van der Waals surface area (Å²) in [6, 6.07) is 3.25. The van der Waals surface area contributed by atoms with Crippen molar-refractivity contribution in [1.29, 1.82) is 0 Å². The lowest BCUT2D eigenvalue weighted by atomic mass is 9.97. The number of phenolic OH excluding ortho intramolecular Hbond substituents is 1. The van der Waals surface area contributed by atoms with Crippen LogP contribution in [0.15, 0.2) is 12.1 Å². The zero-order valence-corrected chi connectivity index (χ0v) is 8.00. The number of carbonyl (C=O) groups is 1. The van der Waals surface area contributed by atoms with E-state index < -0.39 is 0 Å². The molecule has 0 aromatic heterocycles. The highest BCUT2D eigenvalue weighted by atomic mass is 16.3. The van der Waals surface area contributed by atoms with E-state index in [1.54, 1.807) is 12.1 Å². The van der Waals surface area contributed by atoms with Crippen LogP contribution in [0.1, 0.15) is 35.3 Å². The minimum absolute atomic E-state index is 0.296. The van der Waals surface area contributed by atoms with Crippen molar-refractivity contribution in [2.24, 2.45) is 0 Å². The Morgan fingerprint density at radius 2 is 1.85 bits per heavy atom. The lowest BCUT2D eigenvalue weighted by molar-refractivity contribution is 0.112. The van der Waals surface area contributed by atoms with Gasteiger partial charge in [-0.1, -0.05) is 13.8 Å². The Morgan fingerprint density at radius 3 is 2.31 bits per heavy atom. The van der Waals surface area contributed by atoms with Gasteiger partial charge in [0.25, 0.3) is 0 Å². The smallest absolute Gasteiger partial charge is 0.150 e. The summed E-state index contributed by atoms with van der Waals surface area (Å²) in [6.07, 6.45) is 2.39. The molecule has 0 fully saturated rings. The highest BCUT2D eigenvalue weighted by Crippen LogP contribution is 2.24. The van der Waals surface area contributed by atoms with E-state index in [0.717, 1.165) is 30.3 Å². The molecule has 0 atom stereocenters. The fraction of sp³-hybridized carbons (Fsp3) is 0.364. The van der Waals surface area contributed by atoms with Gasteiger partial charge in [-0.05, 0) is 36.1 Å². The summed E-state index contributed by atoms with van der Waals surface area (Å²) < 4.78 is 0. The van der Waals surface area contributed by atoms with Crippen molar-refractivity contribution >= 4 is 6.29 Å². The lowest BCUT2D eigenvalue weighted by Gasteiger charge is -2.09. The van der Waals surface area contributed by atoms with E-state index in [0.29, 0.717) is 11.3 Å². The zero-order chi connectivity index (χ0) is 9.84. The molecule has 13 heavy (non-hydrogen) atoms. The molecule has 0 heterocycles. The molecule has 0 amide bonds. The predicted octanol–water partition coefficient (Wildman–Crippen LogP) is 2.33. The quantitative estimate of drug-likeness (QED) is 0.721. The normalized spacial score (nSPS) is 10.0. The number of aromatic hydroxyl groups is 1. The van der Waals surface area contributed by atoms with E-state index in [-0.39, 0.29) is 0 Å². The Labute approximate surface area is 78.2 Å². The second-order valence-electron chi connectivity index (χ2n) is 2.96. The topological polar surface area (TPSA) is 37.3 Å². The van der Waals surface area contributed by atoms with Gasteiger partial charge >= 0.3 is 0 Å². The molecule has 70 valence electrons. The van der Waals surface area contributed by atoms with Gasteiger partial charge < -0.3 is 5.11 Å². The van der Waals surface area contributed by atoms with Crippen LogP contribution in [-0.4, -0.2) is 11.4 Å². The molecular weight excluding hydrogens is 164 g/mol. The lowest BCUT2D eigenvalue weighted by Crippen LogP contribution is -1.97. The van der Waals surface area contributed by atoms with Gasteiger partial charge in [-0.15, -0.1) is 0 Å². The largest absolute Gasteiger partial charge is 0.508 e. The van der Waals surface area contributed by atoms with Crippen molar-refractivity contribution in [3.8, 4) is 5.75 Å². The molecule has 0 saturated heterocycles. The third-order valence-corrected chi connectivity index (χ3v) is 2.28. The van der Waals surface area contributed by atoms with E-state index in [9.17, 15) is 9.90 Å². The Morgan fingerprint density at radius 1 is 1.23 bits per heavy atom. The summed E-state index contributed by atoms with van der Waals surface area (Å²) in [5.41, 5.74) is 2.56. The Hall–Kier alpha value is -1.31. The minimum Gasteiger partial charge on any atom is -0.508 e. The maximum absolute atomic E-state index is 10.7. The molecule has 0 saturated carbocycles. The number of hydrogen-bond acceptors (Lipinski definition) is 2. The molecule has 0 aliphatic heterocycles. The van der Waals surface area contributed by atoms with Crippen LogP contribution in [0.5, 0.6) is 5.75 Å². The molecule has 2 heteroatoms. The molecule has 1 N–H and O–H groups in total. The van der Waals surface area contributed by atoms with Crippen LogP contribution in [0.25, 0.3) is 0 Å². The number of benzene rings is 1. The van der Waals surface area contributed by atoms with Gasteiger partial charge in [-0.3, -0.25) is 4.79 Å². The summed E-state index contributed by atoms with van der Waals surface area (Å²) in [6.45, 7) is 3.96. The molecule has 1 aromatic rings. The molecular formula is C11H14O2. The van der Waals surface area contributed by atoms with Crippen molar-refractivity contribution in [1.82, 2.24) is 0 Å². The van der Waals surface area contributed by atoms with Gasteiger partial charge in [0, 0.05) is 5.56 Å². The Kier molecular flexibility index (Phi) is 3.07. The standard InChI is InChI=1S/C11H14O2/c1-3-9-8(7-12)5-6-11(13)10(9)4-2/h5-7,13H,3-4H2,1-2H3. The SMILES string of the molecule is CCc1c(O)ccc(C=O)c1CC. The molecule has 0 unspecified atom stereocenters. The number of phenols is 1. The number of aldehydes is 1. The second kappa shape index (κ2) is 4.08. The third-order valence-electron chi connectivity index (χ3n) is 2.28. The first-order chi connectivity index (χ1) is 6.24. The second-order valence-corrected chi connectivity index (χ2v) is 2.96. The molecule has 0 spiro atoms. The van der Waals surface area contributed by atoms with Gasteiger partial charge in [0.05, 0.1) is 0 Å². The molecule has 1 aromatic carbocycles. The number of hydrogen-bond donors (Lipinski definition) is 1. The van der Waals surface area contributed by atoms with Crippen LogP contribution in [0.4, 0.5) is 0 Å². The summed E-state index contributed by atoms with van der Waals surface area (Å²) in [5, 5.41) is 9.53. The monoisotopic (exact) mass is 178 g/mol. The van der Waals surface area contributed by atoms with E-state index in [4.69, 9.17) is 0 Å². The Balaban J connectivity index is 3.35. The summed E-state index contributed by atoms with van der Waals surface area (Å²) in [7, 11) is 0. The van der Waals surface area contributed by atoms with Gasteiger partial charge in [-0.2, -0.15) is 0 Å². The minimum atomic E-state index is 0.296. The fourth-order valence-electron chi connectivity index (χ4n) is 1.62. The van der Waals surface area contributed by atoms with E-state index >= 15 is 0 Å². The van der Waals surface area contributed by atoms with Gasteiger partial charge in [-0.25, -0.2) is 0 Å². The molecule has 0 aliphatic carbocycles. The first kappa shape index (κ1) is 9.78. The van der Waals surface area contributed by atoms with Gasteiger partial charge in [0.15, 0.2) is 0 Å². The third kappa shape index (κ3) is 1.72. The van der Waals surface area contributed by atoms with Gasteiger partial charge in [0.2, 0.25) is 0 Å². The number of carbonyl (C=O) groups excluding carboxylic acids is 1. The maximum atomic E-state index is 10.7. The van der Waals surface area contributed by atoms with Crippen LogP contribution >= 0.6 is 0 Å². The zero-order valence-electron chi connectivity index (χ0n) is 8.00. The molecule has 0 radical (unpaired) electrons. The average molecular weight is 178 g/mol. The average Bonchev–Trinajstić information content (AvgIpc) is 2.17. The molecule has 2 nitrogen and oxygen atoms in total. The van der Waals surface area contributed by atoms with E-state index in [1.807, 2.05) is 13.8 Å². The summed E-state index contributed by atoms with van der Waals surface area (Å²) in [5.74, 6) is 0.296. The molecule has 0 aliphatic rings. The molecule has 0 bridgehead atoms. The van der Waals surface area contributed by atoms with Crippen LogP contribution in [-0.2, 0) is 12.8 Å². The fourth-order valence-corrected chi connectivity index (χ4v) is 1.62. The van der Waals surface area contributed by atoms with Gasteiger partial charge in [0.1, 0.15) is 12.0 Å². The first-order valence-corrected chi connectivity index (χ1v) is 4.53. The van der Waals surface area contributed by atoms with Crippen LogP contribution in [0.2, 0.25) is 0 Å². The van der Waals surface area contributed by atoms with E-state index in [1.165, 1.54) is 0 Å². The van der Waals surface area contributed by atoms with Crippen molar-refractivity contribution in [2.75, 3.05) is 0 Å². The summed E-state index contributed by atoms with van der Waals surface area (Å²) in [4.78, 5) is 10.7. The maximum Gasteiger partial charge on any atom is 0.150 e. The summed E-state index contributed by atoms with van der Waals surface area (Å²) >= 11 is 0. The number of rotatable bonds is 3. The van der Waals surface area contributed by atoms with Crippen LogP contribution in [0.3, 0.4) is 0 Å². The highest BCUT2D eigenvalue weighted by Gasteiger charge is 2.08. The van der Waals surface area contributed by atoms with Crippen molar-refractivity contribution < 1.29 is 9.90 Å². The van der Waals surface area contributed by atoms with Crippen molar-refractivity contribution in [2.45, 2.75) is 26.7 Å². The molecule has 1 rings (SSSR count).